The van der Waals surface area contributed by atoms with Crippen molar-refractivity contribution in [1.82, 2.24) is 20.7 Å². The zero-order valence-corrected chi connectivity index (χ0v) is 12.5. The molecule has 3 rings (SSSR count). The molecule has 0 spiro atoms. The van der Waals surface area contributed by atoms with Crippen molar-refractivity contribution in [1.29, 1.82) is 0 Å². The molecule has 0 aliphatic carbocycles. The molecule has 2 aromatic rings. The average Bonchev–Trinajstić information content (AvgIpc) is 2.92. The van der Waals surface area contributed by atoms with Crippen molar-refractivity contribution in [2.24, 2.45) is 0 Å². The van der Waals surface area contributed by atoms with Crippen LogP contribution >= 0.6 is 0 Å². The molecule has 0 saturated carbocycles. The number of nitrogens with zero attached hydrogens (tertiary/aromatic N) is 4. The second-order valence-corrected chi connectivity index (χ2v) is 5.63. The topological polar surface area (TPSA) is 67.1 Å². The van der Waals surface area contributed by atoms with E-state index in [2.05, 4.69) is 25.6 Å². The van der Waals surface area contributed by atoms with Crippen LogP contribution in [0.1, 0.15) is 30.0 Å². The Morgan fingerprint density at radius 2 is 2.24 bits per heavy atom. The Labute approximate surface area is 124 Å². The molecule has 21 heavy (non-hydrogen) atoms. The van der Waals surface area contributed by atoms with Gasteiger partial charge in [0, 0.05) is 31.7 Å². The zero-order chi connectivity index (χ0) is 14.7. The van der Waals surface area contributed by atoms with Gasteiger partial charge in [-0.15, -0.1) is 5.10 Å². The summed E-state index contributed by atoms with van der Waals surface area (Å²) < 4.78 is 5.09. The molecule has 6 nitrogen and oxygen atoms in total. The first-order chi connectivity index (χ1) is 10.2. The molecule has 0 amide bonds. The van der Waals surface area contributed by atoms with E-state index in [0.717, 1.165) is 49.0 Å². The van der Waals surface area contributed by atoms with Crippen molar-refractivity contribution >= 4 is 5.82 Å². The van der Waals surface area contributed by atoms with Crippen LogP contribution in [-0.4, -0.2) is 34.5 Å². The molecule has 1 N–H and O–H groups in total. The van der Waals surface area contributed by atoms with Crippen LogP contribution in [0.2, 0.25) is 0 Å². The summed E-state index contributed by atoms with van der Waals surface area (Å²) in [6, 6.07) is 6.47. The van der Waals surface area contributed by atoms with Gasteiger partial charge in [-0.2, -0.15) is 5.10 Å². The largest absolute Gasteiger partial charge is 0.361 e. The van der Waals surface area contributed by atoms with E-state index in [9.17, 15) is 0 Å². The highest BCUT2D eigenvalue weighted by molar-refractivity contribution is 5.38. The Morgan fingerprint density at radius 3 is 2.95 bits per heavy atom. The van der Waals surface area contributed by atoms with Crippen molar-refractivity contribution in [2.45, 2.75) is 39.3 Å². The van der Waals surface area contributed by atoms with Gasteiger partial charge in [-0.25, -0.2) is 0 Å². The molecule has 112 valence electrons. The van der Waals surface area contributed by atoms with Crippen LogP contribution in [0.25, 0.3) is 0 Å². The Hall–Kier alpha value is -1.95. The number of rotatable bonds is 4. The summed E-state index contributed by atoms with van der Waals surface area (Å²) in [5, 5.41) is 16.0. The van der Waals surface area contributed by atoms with Crippen molar-refractivity contribution < 1.29 is 4.52 Å². The van der Waals surface area contributed by atoms with Gasteiger partial charge in [-0.05, 0) is 38.8 Å². The predicted molar refractivity (Wildman–Crippen MR) is 80.1 cm³/mol. The van der Waals surface area contributed by atoms with Gasteiger partial charge in [0.1, 0.15) is 5.76 Å². The van der Waals surface area contributed by atoms with E-state index >= 15 is 0 Å². The lowest BCUT2D eigenvalue weighted by Gasteiger charge is -2.33. The lowest BCUT2D eigenvalue weighted by molar-refractivity contribution is 0.377. The van der Waals surface area contributed by atoms with E-state index in [4.69, 9.17) is 4.52 Å². The van der Waals surface area contributed by atoms with Gasteiger partial charge in [0.05, 0.1) is 11.4 Å². The molecule has 0 aromatic carbocycles. The van der Waals surface area contributed by atoms with Crippen LogP contribution in [0.3, 0.4) is 0 Å². The standard InChI is InChI=1S/C15H21N5O/c1-11-5-6-15(18-17-11)20-7-3-4-13(10-20)16-9-14-8-12(2)21-19-14/h5-6,8,13,16H,3-4,7,9-10H2,1-2H3/t13-/m0/s1. The molecule has 1 saturated heterocycles. The highest BCUT2D eigenvalue weighted by Gasteiger charge is 2.21. The average molecular weight is 287 g/mol. The van der Waals surface area contributed by atoms with E-state index < -0.39 is 0 Å². The Morgan fingerprint density at radius 1 is 1.33 bits per heavy atom. The molecule has 1 aliphatic heterocycles. The SMILES string of the molecule is Cc1ccc(N2CCC[C@H](NCc3cc(C)on3)C2)nn1. The van der Waals surface area contributed by atoms with Crippen LogP contribution in [0.15, 0.2) is 22.7 Å². The molecule has 0 bridgehead atoms. The van der Waals surface area contributed by atoms with Crippen LogP contribution in [0, 0.1) is 13.8 Å². The van der Waals surface area contributed by atoms with Gasteiger partial charge in [-0.3, -0.25) is 0 Å². The van der Waals surface area contributed by atoms with Crippen LogP contribution in [-0.2, 0) is 6.54 Å². The van der Waals surface area contributed by atoms with Crippen molar-refractivity contribution in [3.05, 3.63) is 35.3 Å². The molecular formula is C15H21N5O. The van der Waals surface area contributed by atoms with Gasteiger partial charge < -0.3 is 14.7 Å². The first-order valence-electron chi connectivity index (χ1n) is 7.41. The molecule has 1 aliphatic rings. The van der Waals surface area contributed by atoms with Gasteiger partial charge in [0.25, 0.3) is 0 Å². The number of anilines is 1. The fourth-order valence-electron chi connectivity index (χ4n) is 2.66. The quantitative estimate of drug-likeness (QED) is 0.925. The summed E-state index contributed by atoms with van der Waals surface area (Å²) >= 11 is 0. The number of hydrogen-bond donors (Lipinski definition) is 1. The summed E-state index contributed by atoms with van der Waals surface area (Å²) in [5.74, 6) is 1.82. The minimum Gasteiger partial charge on any atom is -0.361 e. The molecule has 0 unspecified atom stereocenters. The maximum Gasteiger partial charge on any atom is 0.151 e. The number of aryl methyl sites for hydroxylation is 2. The van der Waals surface area contributed by atoms with E-state index in [1.807, 2.05) is 32.0 Å². The molecule has 0 radical (unpaired) electrons. The Balaban J connectivity index is 1.56. The number of piperidine rings is 1. The molecule has 1 fully saturated rings. The second kappa shape index (κ2) is 6.22. The van der Waals surface area contributed by atoms with Gasteiger partial charge in [-0.1, -0.05) is 5.16 Å². The minimum absolute atomic E-state index is 0.443. The van der Waals surface area contributed by atoms with Gasteiger partial charge in [0.2, 0.25) is 0 Å². The lowest BCUT2D eigenvalue weighted by atomic mass is 10.1. The first-order valence-corrected chi connectivity index (χ1v) is 7.41. The Bertz CT molecular complexity index is 580. The van der Waals surface area contributed by atoms with E-state index in [1.54, 1.807) is 0 Å². The fraction of sp³-hybridized carbons (Fsp3) is 0.533. The molecule has 1 atom stereocenters. The van der Waals surface area contributed by atoms with Crippen molar-refractivity contribution in [3.63, 3.8) is 0 Å². The Kier molecular flexibility index (Phi) is 4.15. The minimum atomic E-state index is 0.443. The van der Waals surface area contributed by atoms with Crippen LogP contribution < -0.4 is 10.2 Å². The maximum absolute atomic E-state index is 5.09. The highest BCUT2D eigenvalue weighted by atomic mass is 16.5. The summed E-state index contributed by atoms with van der Waals surface area (Å²) in [6.45, 7) is 6.61. The third kappa shape index (κ3) is 3.58. The van der Waals surface area contributed by atoms with Crippen LogP contribution in [0.4, 0.5) is 5.82 Å². The summed E-state index contributed by atoms with van der Waals surface area (Å²) in [6.07, 6.45) is 2.33. The zero-order valence-electron chi connectivity index (χ0n) is 12.5. The first kappa shape index (κ1) is 14.0. The number of nitrogens with one attached hydrogen (secondary N) is 1. The summed E-state index contributed by atoms with van der Waals surface area (Å²) in [7, 11) is 0. The predicted octanol–water partition coefficient (Wildman–Crippen LogP) is 1.84. The fourth-order valence-corrected chi connectivity index (χ4v) is 2.66. The summed E-state index contributed by atoms with van der Waals surface area (Å²) in [4.78, 5) is 2.29. The van der Waals surface area contributed by atoms with Crippen molar-refractivity contribution in [2.75, 3.05) is 18.0 Å². The third-order valence-electron chi connectivity index (χ3n) is 3.78. The van der Waals surface area contributed by atoms with Crippen molar-refractivity contribution in [3.8, 4) is 0 Å². The molecule has 2 aromatic heterocycles. The number of hydrogen-bond acceptors (Lipinski definition) is 6. The van der Waals surface area contributed by atoms with E-state index in [1.165, 1.54) is 6.42 Å². The number of aromatic nitrogens is 3. The summed E-state index contributed by atoms with van der Waals surface area (Å²) in [5.41, 5.74) is 1.91. The lowest BCUT2D eigenvalue weighted by Crippen LogP contribution is -2.45. The normalized spacial score (nSPS) is 19.0. The van der Waals surface area contributed by atoms with Crippen LogP contribution in [0.5, 0.6) is 0 Å². The van der Waals surface area contributed by atoms with Gasteiger partial charge >= 0.3 is 0 Å². The molecule has 6 heteroatoms. The monoisotopic (exact) mass is 287 g/mol. The maximum atomic E-state index is 5.09. The second-order valence-electron chi connectivity index (χ2n) is 5.63. The van der Waals surface area contributed by atoms with E-state index in [0.29, 0.717) is 6.04 Å². The van der Waals surface area contributed by atoms with Gasteiger partial charge in [0.15, 0.2) is 5.82 Å². The third-order valence-corrected chi connectivity index (χ3v) is 3.78. The molecule has 3 heterocycles. The highest BCUT2D eigenvalue weighted by Crippen LogP contribution is 2.17. The molecular weight excluding hydrogens is 266 g/mol. The van der Waals surface area contributed by atoms with E-state index in [-0.39, 0.29) is 0 Å². The smallest absolute Gasteiger partial charge is 0.151 e.